The summed E-state index contributed by atoms with van der Waals surface area (Å²) in [5.41, 5.74) is 1.13. The van der Waals surface area contributed by atoms with Crippen LogP contribution in [0.2, 0.25) is 0 Å². The highest BCUT2D eigenvalue weighted by Gasteiger charge is 2.25. The number of hydrogen-bond donors (Lipinski definition) is 2. The Kier molecular flexibility index (Phi) is 4.62. The largest absolute Gasteiger partial charge is 0.480 e. The van der Waals surface area contributed by atoms with E-state index in [9.17, 15) is 14.4 Å². The van der Waals surface area contributed by atoms with Crippen LogP contribution in [0.5, 0.6) is 0 Å². The van der Waals surface area contributed by atoms with E-state index in [1.165, 1.54) is 11.3 Å². The van der Waals surface area contributed by atoms with Crippen LogP contribution in [0, 0.1) is 5.92 Å². The predicted molar refractivity (Wildman–Crippen MR) is 76.7 cm³/mol. The van der Waals surface area contributed by atoms with Gasteiger partial charge in [-0.2, -0.15) is 0 Å². The Morgan fingerprint density at radius 3 is 2.48 bits per heavy atom. The van der Waals surface area contributed by atoms with Gasteiger partial charge in [0.15, 0.2) is 0 Å². The van der Waals surface area contributed by atoms with Crippen LogP contribution in [-0.4, -0.2) is 46.0 Å². The molecule has 0 aliphatic heterocycles. The number of thiophene rings is 1. The molecule has 0 saturated carbocycles. The summed E-state index contributed by atoms with van der Waals surface area (Å²) >= 11 is 1.35. The minimum atomic E-state index is -1.22. The number of aryl methyl sites for hydroxylation is 1. The molecule has 1 aliphatic carbocycles. The van der Waals surface area contributed by atoms with Crippen LogP contribution in [0.3, 0.4) is 0 Å². The van der Waals surface area contributed by atoms with Gasteiger partial charge in [0.05, 0.1) is 4.88 Å². The van der Waals surface area contributed by atoms with Crippen molar-refractivity contribution in [1.82, 2.24) is 4.90 Å². The van der Waals surface area contributed by atoms with Gasteiger partial charge in [-0.15, -0.1) is 11.3 Å². The average Bonchev–Trinajstić information content (AvgIpc) is 2.78. The molecule has 2 rings (SSSR count). The molecule has 1 aromatic rings. The van der Waals surface area contributed by atoms with E-state index in [-0.39, 0.29) is 0 Å². The normalized spacial score (nSPS) is 17.1. The Hall–Kier alpha value is -1.89. The summed E-state index contributed by atoms with van der Waals surface area (Å²) in [6.07, 6.45) is 2.92. The molecule has 0 aromatic carbocycles. The summed E-state index contributed by atoms with van der Waals surface area (Å²) < 4.78 is 0. The minimum Gasteiger partial charge on any atom is -0.480 e. The third-order valence-corrected chi connectivity index (χ3v) is 4.70. The van der Waals surface area contributed by atoms with Crippen molar-refractivity contribution < 1.29 is 24.6 Å². The van der Waals surface area contributed by atoms with Crippen molar-refractivity contribution in [3.8, 4) is 0 Å². The van der Waals surface area contributed by atoms with E-state index in [0.717, 1.165) is 34.6 Å². The van der Waals surface area contributed by atoms with Gasteiger partial charge < -0.3 is 15.1 Å². The van der Waals surface area contributed by atoms with Gasteiger partial charge in [0.1, 0.15) is 13.1 Å². The molecule has 7 heteroatoms. The molecule has 0 bridgehead atoms. The van der Waals surface area contributed by atoms with Crippen LogP contribution >= 0.6 is 11.3 Å². The zero-order chi connectivity index (χ0) is 15.6. The quantitative estimate of drug-likeness (QED) is 0.859. The molecule has 0 saturated heterocycles. The molecule has 114 valence electrons. The van der Waals surface area contributed by atoms with Crippen molar-refractivity contribution >= 4 is 29.2 Å². The number of fused-ring (bicyclic) bond motifs is 1. The van der Waals surface area contributed by atoms with Crippen molar-refractivity contribution in [1.29, 1.82) is 0 Å². The second kappa shape index (κ2) is 6.26. The van der Waals surface area contributed by atoms with E-state index in [0.29, 0.717) is 10.8 Å². The SMILES string of the molecule is CC1CCc2sc(C(=O)N(CC(=O)O)CC(=O)O)cc2C1. The third-order valence-electron chi connectivity index (χ3n) is 3.48. The zero-order valence-electron chi connectivity index (χ0n) is 11.7. The van der Waals surface area contributed by atoms with E-state index >= 15 is 0 Å². The van der Waals surface area contributed by atoms with E-state index < -0.39 is 30.9 Å². The first-order valence-corrected chi connectivity index (χ1v) is 7.53. The second-order valence-electron chi connectivity index (χ2n) is 5.36. The Labute approximate surface area is 126 Å². The minimum absolute atomic E-state index is 0.427. The summed E-state index contributed by atoms with van der Waals surface area (Å²) in [7, 11) is 0. The highest BCUT2D eigenvalue weighted by atomic mass is 32.1. The van der Waals surface area contributed by atoms with Crippen molar-refractivity contribution in [3.05, 3.63) is 21.4 Å². The van der Waals surface area contributed by atoms with Crippen molar-refractivity contribution in [2.75, 3.05) is 13.1 Å². The van der Waals surface area contributed by atoms with E-state index in [2.05, 4.69) is 6.92 Å². The smallest absolute Gasteiger partial charge is 0.323 e. The number of carbonyl (C=O) groups excluding carboxylic acids is 1. The number of aliphatic carboxylic acids is 2. The molecule has 1 amide bonds. The summed E-state index contributed by atoms with van der Waals surface area (Å²) in [5.74, 6) is -2.39. The number of nitrogens with zero attached hydrogens (tertiary/aromatic N) is 1. The fraction of sp³-hybridized carbons (Fsp3) is 0.500. The molecule has 1 heterocycles. The average molecular weight is 311 g/mol. The van der Waals surface area contributed by atoms with Crippen molar-refractivity contribution in [3.63, 3.8) is 0 Å². The molecule has 1 unspecified atom stereocenters. The van der Waals surface area contributed by atoms with Gasteiger partial charge >= 0.3 is 11.9 Å². The highest BCUT2D eigenvalue weighted by molar-refractivity contribution is 7.14. The van der Waals surface area contributed by atoms with Gasteiger partial charge in [0, 0.05) is 4.88 Å². The van der Waals surface area contributed by atoms with Gasteiger partial charge in [-0.3, -0.25) is 14.4 Å². The summed E-state index contributed by atoms with van der Waals surface area (Å²) in [5, 5.41) is 17.6. The monoisotopic (exact) mass is 311 g/mol. The molecule has 0 radical (unpaired) electrons. The standard InChI is InChI=1S/C14H17NO5S/c1-8-2-3-10-9(4-8)5-11(21-10)14(20)15(6-12(16)17)7-13(18)19/h5,8H,2-4,6-7H2,1H3,(H,16,17)(H,18,19). The Morgan fingerprint density at radius 1 is 1.29 bits per heavy atom. The summed E-state index contributed by atoms with van der Waals surface area (Å²) in [6, 6.07) is 1.79. The van der Waals surface area contributed by atoms with Crippen LogP contribution < -0.4 is 0 Å². The van der Waals surface area contributed by atoms with E-state index in [1.54, 1.807) is 6.07 Å². The first-order chi connectivity index (χ1) is 9.86. The molecule has 21 heavy (non-hydrogen) atoms. The number of carboxylic acids is 2. The number of hydrogen-bond acceptors (Lipinski definition) is 4. The Balaban J connectivity index is 2.20. The molecule has 6 nitrogen and oxygen atoms in total. The fourth-order valence-electron chi connectivity index (χ4n) is 2.49. The number of carbonyl (C=O) groups is 3. The van der Waals surface area contributed by atoms with Crippen molar-refractivity contribution in [2.24, 2.45) is 5.92 Å². The van der Waals surface area contributed by atoms with Gasteiger partial charge in [-0.05, 0) is 36.8 Å². The van der Waals surface area contributed by atoms with Gasteiger partial charge in [0.25, 0.3) is 5.91 Å². The molecule has 1 aliphatic rings. The first-order valence-electron chi connectivity index (χ1n) is 6.71. The number of rotatable bonds is 5. The molecule has 0 fully saturated rings. The lowest BCUT2D eigenvalue weighted by Crippen LogP contribution is -2.39. The van der Waals surface area contributed by atoms with Gasteiger partial charge in [0.2, 0.25) is 0 Å². The maximum Gasteiger partial charge on any atom is 0.323 e. The lowest BCUT2D eigenvalue weighted by atomic mass is 9.90. The Morgan fingerprint density at radius 2 is 1.90 bits per heavy atom. The van der Waals surface area contributed by atoms with Gasteiger partial charge in [-0.25, -0.2) is 0 Å². The van der Waals surface area contributed by atoms with Gasteiger partial charge in [-0.1, -0.05) is 6.92 Å². The van der Waals surface area contributed by atoms with Crippen LogP contribution in [0.1, 0.15) is 33.5 Å². The topological polar surface area (TPSA) is 94.9 Å². The first kappa shape index (κ1) is 15.5. The lowest BCUT2D eigenvalue weighted by molar-refractivity contribution is -0.140. The number of amides is 1. The van der Waals surface area contributed by atoms with Crippen LogP contribution in [0.15, 0.2) is 6.07 Å². The van der Waals surface area contributed by atoms with Crippen LogP contribution in [-0.2, 0) is 22.4 Å². The van der Waals surface area contributed by atoms with E-state index in [4.69, 9.17) is 10.2 Å². The molecular formula is C14H17NO5S. The third kappa shape index (κ3) is 3.81. The lowest BCUT2D eigenvalue weighted by Gasteiger charge is -2.17. The van der Waals surface area contributed by atoms with E-state index in [1.807, 2.05) is 0 Å². The maximum atomic E-state index is 12.3. The van der Waals surface area contributed by atoms with Crippen molar-refractivity contribution in [2.45, 2.75) is 26.2 Å². The molecule has 1 aromatic heterocycles. The highest BCUT2D eigenvalue weighted by Crippen LogP contribution is 2.32. The Bertz CT molecular complexity index is 564. The molecule has 2 N–H and O–H groups in total. The summed E-state index contributed by atoms with van der Waals surface area (Å²) in [6.45, 7) is 0.942. The zero-order valence-corrected chi connectivity index (χ0v) is 12.5. The predicted octanol–water partition coefficient (Wildman–Crippen LogP) is 1.48. The molecular weight excluding hydrogens is 294 g/mol. The molecule has 0 spiro atoms. The second-order valence-corrected chi connectivity index (χ2v) is 6.49. The maximum absolute atomic E-state index is 12.3. The molecule has 1 atom stereocenters. The number of carboxylic acid groups (broad SMARTS) is 2. The summed E-state index contributed by atoms with van der Waals surface area (Å²) in [4.78, 5) is 36.3. The van der Waals surface area contributed by atoms with Crippen LogP contribution in [0.4, 0.5) is 0 Å². The fourth-order valence-corrected chi connectivity index (χ4v) is 3.67. The van der Waals surface area contributed by atoms with Crippen LogP contribution in [0.25, 0.3) is 0 Å².